The van der Waals surface area contributed by atoms with Gasteiger partial charge in [0.2, 0.25) is 0 Å². The number of fused-ring (bicyclic) bond motifs is 1. The minimum atomic E-state index is -1.23. The van der Waals surface area contributed by atoms with E-state index in [0.717, 1.165) is 17.0 Å². The van der Waals surface area contributed by atoms with Crippen LogP contribution in [0.1, 0.15) is 41.4 Å². The topological polar surface area (TPSA) is 124 Å². The highest BCUT2D eigenvalue weighted by Crippen LogP contribution is 2.33. The maximum atomic E-state index is 12.9. The highest BCUT2D eigenvalue weighted by Gasteiger charge is 2.38. The van der Waals surface area contributed by atoms with Gasteiger partial charge in [-0.15, -0.1) is 0 Å². The number of aromatic hydroxyl groups is 1. The summed E-state index contributed by atoms with van der Waals surface area (Å²) >= 11 is 6.12. The number of hydrogen-bond acceptors (Lipinski definition) is 5. The number of nitrogens with one attached hydrogen (secondary N) is 1. The second-order valence-corrected chi connectivity index (χ2v) is 7.06. The predicted molar refractivity (Wildman–Crippen MR) is 112 cm³/mol. The van der Waals surface area contributed by atoms with Crippen LogP contribution in [0.15, 0.2) is 60.7 Å². The van der Waals surface area contributed by atoms with Crippen molar-refractivity contribution in [2.75, 3.05) is 10.2 Å². The fraction of sp³-hybridized carbons (Fsp3) is 0. The Hall–Kier alpha value is -4.17. The molecule has 0 saturated carbocycles. The molecule has 154 valence electrons. The van der Waals surface area contributed by atoms with Gasteiger partial charge in [0.05, 0.1) is 33.1 Å². The van der Waals surface area contributed by atoms with Gasteiger partial charge in [0.1, 0.15) is 5.75 Å². The highest BCUT2D eigenvalue weighted by molar-refractivity contribution is 6.40. The number of phenols is 1. The van der Waals surface area contributed by atoms with Crippen LogP contribution in [0.3, 0.4) is 0 Å². The molecule has 9 heteroatoms. The van der Waals surface area contributed by atoms with Crippen LogP contribution in [0.4, 0.5) is 11.4 Å². The summed E-state index contributed by atoms with van der Waals surface area (Å²) in [6, 6.07) is 13.8. The van der Waals surface area contributed by atoms with Crippen molar-refractivity contribution in [3.63, 3.8) is 0 Å². The third-order valence-corrected chi connectivity index (χ3v) is 5.05. The molecule has 1 heterocycles. The molecule has 4 rings (SSSR count). The SMILES string of the molecule is O=C(O)c1ccc(O)c(NC(=O)c2ccc3c(c2)C(=O)N(c2ccccc2Cl)C3=O)c1. The van der Waals surface area contributed by atoms with Crippen molar-refractivity contribution >= 4 is 46.7 Å². The van der Waals surface area contributed by atoms with Gasteiger partial charge < -0.3 is 15.5 Å². The Bertz CT molecular complexity index is 1290. The maximum Gasteiger partial charge on any atom is 0.335 e. The van der Waals surface area contributed by atoms with Gasteiger partial charge in [-0.05, 0) is 48.5 Å². The van der Waals surface area contributed by atoms with E-state index in [1.807, 2.05) is 0 Å². The van der Waals surface area contributed by atoms with Crippen molar-refractivity contribution in [1.29, 1.82) is 0 Å². The number of carbonyl (C=O) groups excluding carboxylic acids is 3. The normalized spacial score (nSPS) is 12.6. The summed E-state index contributed by atoms with van der Waals surface area (Å²) < 4.78 is 0. The van der Waals surface area contributed by atoms with Gasteiger partial charge in [0, 0.05) is 5.56 Å². The number of benzene rings is 3. The van der Waals surface area contributed by atoms with Gasteiger partial charge in [-0.2, -0.15) is 0 Å². The molecule has 0 saturated heterocycles. The molecule has 0 unspecified atom stereocenters. The smallest absolute Gasteiger partial charge is 0.335 e. The zero-order chi connectivity index (χ0) is 22.3. The molecule has 0 aliphatic carbocycles. The first-order valence-electron chi connectivity index (χ1n) is 8.93. The molecule has 1 aliphatic rings. The predicted octanol–water partition coefficient (Wildman–Crippen LogP) is 3.80. The van der Waals surface area contributed by atoms with E-state index in [0.29, 0.717) is 0 Å². The van der Waals surface area contributed by atoms with Gasteiger partial charge in [0.25, 0.3) is 17.7 Å². The van der Waals surface area contributed by atoms with E-state index < -0.39 is 23.7 Å². The summed E-state index contributed by atoms with van der Waals surface area (Å²) in [5.41, 5.74) is 0.194. The quantitative estimate of drug-likeness (QED) is 0.422. The number of rotatable bonds is 4. The van der Waals surface area contributed by atoms with Crippen molar-refractivity contribution in [1.82, 2.24) is 0 Å². The van der Waals surface area contributed by atoms with E-state index in [1.165, 1.54) is 30.3 Å². The molecule has 0 bridgehead atoms. The Labute approximate surface area is 180 Å². The van der Waals surface area contributed by atoms with Gasteiger partial charge >= 0.3 is 5.97 Å². The summed E-state index contributed by atoms with van der Waals surface area (Å²) in [5, 5.41) is 21.6. The van der Waals surface area contributed by atoms with Crippen LogP contribution in [0.5, 0.6) is 5.75 Å². The Morgan fingerprint density at radius 2 is 1.55 bits per heavy atom. The number of halogens is 1. The van der Waals surface area contributed by atoms with Gasteiger partial charge in [-0.3, -0.25) is 14.4 Å². The maximum absolute atomic E-state index is 12.9. The molecule has 1 aliphatic heterocycles. The second kappa shape index (κ2) is 7.58. The number of carbonyl (C=O) groups is 4. The van der Waals surface area contributed by atoms with Crippen molar-refractivity contribution in [2.45, 2.75) is 0 Å². The molecule has 0 fully saturated rings. The molecule has 3 aromatic rings. The van der Waals surface area contributed by atoms with E-state index in [4.69, 9.17) is 16.7 Å². The summed E-state index contributed by atoms with van der Waals surface area (Å²) in [6.45, 7) is 0. The molecular formula is C22H13ClN2O6. The third kappa shape index (κ3) is 3.49. The molecule has 8 nitrogen and oxygen atoms in total. The molecule has 0 aromatic heterocycles. The first kappa shape index (κ1) is 20.1. The van der Waals surface area contributed by atoms with E-state index in [-0.39, 0.29) is 44.4 Å². The van der Waals surface area contributed by atoms with Crippen molar-refractivity contribution in [3.8, 4) is 5.75 Å². The average molecular weight is 437 g/mol. The van der Waals surface area contributed by atoms with Crippen molar-refractivity contribution in [2.24, 2.45) is 0 Å². The molecule has 0 spiro atoms. The molecule has 3 aromatic carbocycles. The number of para-hydroxylation sites is 1. The minimum Gasteiger partial charge on any atom is -0.506 e. The van der Waals surface area contributed by atoms with Gasteiger partial charge in [0.15, 0.2) is 0 Å². The number of amides is 3. The van der Waals surface area contributed by atoms with E-state index in [1.54, 1.807) is 18.2 Å². The molecular weight excluding hydrogens is 424 g/mol. The number of carboxylic acid groups (broad SMARTS) is 1. The lowest BCUT2D eigenvalue weighted by Gasteiger charge is -2.15. The number of phenolic OH excluding ortho intramolecular Hbond substituents is 1. The molecule has 3 N–H and O–H groups in total. The third-order valence-electron chi connectivity index (χ3n) is 4.73. The number of aromatic carboxylic acids is 1. The van der Waals surface area contributed by atoms with E-state index >= 15 is 0 Å². The Morgan fingerprint density at radius 3 is 2.26 bits per heavy atom. The molecule has 0 radical (unpaired) electrons. The van der Waals surface area contributed by atoms with Crippen LogP contribution in [0.2, 0.25) is 5.02 Å². The largest absolute Gasteiger partial charge is 0.506 e. The van der Waals surface area contributed by atoms with Crippen molar-refractivity contribution in [3.05, 3.63) is 87.9 Å². The standard InChI is InChI=1S/C22H13ClN2O6/c23-15-3-1-2-4-17(15)25-20(28)13-7-5-11(9-14(13)21(25)29)19(27)24-16-10-12(22(30)31)6-8-18(16)26/h1-10,26H,(H,24,27)(H,30,31). The Morgan fingerprint density at radius 1 is 0.871 bits per heavy atom. The molecule has 0 atom stereocenters. The molecule has 3 amide bonds. The van der Waals surface area contributed by atoms with Crippen molar-refractivity contribution < 1.29 is 29.4 Å². The van der Waals surface area contributed by atoms with Gasteiger partial charge in [-0.25, -0.2) is 9.69 Å². The monoisotopic (exact) mass is 436 g/mol. The number of anilines is 2. The minimum absolute atomic E-state index is 0.0288. The van der Waals surface area contributed by atoms with Gasteiger partial charge in [-0.1, -0.05) is 23.7 Å². The summed E-state index contributed by atoms with van der Waals surface area (Å²) in [4.78, 5) is 50.3. The average Bonchev–Trinajstić information content (AvgIpc) is 2.99. The lowest BCUT2D eigenvalue weighted by Crippen LogP contribution is -2.29. The summed E-state index contributed by atoms with van der Waals surface area (Å²) in [6.07, 6.45) is 0. The number of imide groups is 1. The Kier molecular flexibility index (Phi) is 4.92. The zero-order valence-electron chi connectivity index (χ0n) is 15.6. The second-order valence-electron chi connectivity index (χ2n) is 6.65. The van der Waals surface area contributed by atoms with Crippen LogP contribution >= 0.6 is 11.6 Å². The summed E-state index contributed by atoms with van der Waals surface area (Å²) in [5.74, 6) is -3.44. The first-order valence-corrected chi connectivity index (χ1v) is 9.30. The first-order chi connectivity index (χ1) is 14.8. The van der Waals surface area contributed by atoms with Crippen LogP contribution in [0, 0.1) is 0 Å². The summed E-state index contributed by atoms with van der Waals surface area (Å²) in [7, 11) is 0. The number of carboxylic acids is 1. The fourth-order valence-electron chi connectivity index (χ4n) is 3.20. The van der Waals surface area contributed by atoms with Crippen LogP contribution in [-0.4, -0.2) is 33.9 Å². The lowest BCUT2D eigenvalue weighted by molar-refractivity contribution is 0.0696. The Balaban J connectivity index is 1.65. The van der Waals surface area contributed by atoms with Crippen LogP contribution in [0.25, 0.3) is 0 Å². The van der Waals surface area contributed by atoms with E-state index in [2.05, 4.69) is 5.32 Å². The van der Waals surface area contributed by atoms with Crippen LogP contribution < -0.4 is 10.2 Å². The highest BCUT2D eigenvalue weighted by atomic mass is 35.5. The lowest BCUT2D eigenvalue weighted by atomic mass is 10.1. The number of hydrogen-bond donors (Lipinski definition) is 3. The fourth-order valence-corrected chi connectivity index (χ4v) is 3.42. The van der Waals surface area contributed by atoms with E-state index in [9.17, 15) is 24.3 Å². The van der Waals surface area contributed by atoms with Crippen LogP contribution in [-0.2, 0) is 0 Å². The number of nitrogens with zero attached hydrogens (tertiary/aromatic N) is 1. The zero-order valence-corrected chi connectivity index (χ0v) is 16.4. The molecule has 31 heavy (non-hydrogen) atoms.